The van der Waals surface area contributed by atoms with Crippen LogP contribution in [0.3, 0.4) is 0 Å². The van der Waals surface area contributed by atoms with Gasteiger partial charge >= 0.3 is 0 Å². The van der Waals surface area contributed by atoms with Crippen LogP contribution in [0.2, 0.25) is 10.0 Å². The maximum absolute atomic E-state index is 12.1. The van der Waals surface area contributed by atoms with Crippen molar-refractivity contribution in [2.75, 3.05) is 23.4 Å². The summed E-state index contributed by atoms with van der Waals surface area (Å²) in [7, 11) is 0. The minimum absolute atomic E-state index is 0.136. The molecule has 0 spiro atoms. The van der Waals surface area contributed by atoms with Crippen molar-refractivity contribution >= 4 is 46.4 Å². The van der Waals surface area contributed by atoms with Crippen LogP contribution in [0.25, 0.3) is 0 Å². The molecule has 1 fully saturated rings. The Morgan fingerprint density at radius 1 is 1.23 bits per heavy atom. The lowest BCUT2D eigenvalue weighted by Gasteiger charge is -2.19. The van der Waals surface area contributed by atoms with Crippen molar-refractivity contribution in [1.82, 2.24) is 0 Å². The van der Waals surface area contributed by atoms with Crippen LogP contribution in [-0.2, 0) is 9.59 Å². The zero-order valence-electron chi connectivity index (χ0n) is 14.2. The summed E-state index contributed by atoms with van der Waals surface area (Å²) in [5.74, 6) is 0.176. The smallest absolute Gasteiger partial charge is 0.262 e. The Hall–Kier alpha value is -2.24. The van der Waals surface area contributed by atoms with Crippen LogP contribution >= 0.6 is 23.2 Å². The van der Waals surface area contributed by atoms with Crippen molar-refractivity contribution in [2.45, 2.75) is 19.8 Å². The Bertz CT molecular complexity index is 855. The molecular formula is C19H18Cl2N2O3. The number of anilines is 2. The van der Waals surface area contributed by atoms with E-state index in [1.54, 1.807) is 29.2 Å². The number of nitrogens with one attached hydrogen (secondary N) is 1. The number of rotatable bonds is 5. The monoisotopic (exact) mass is 392 g/mol. The van der Waals surface area contributed by atoms with Gasteiger partial charge in [-0.3, -0.25) is 9.59 Å². The number of hydrogen-bond acceptors (Lipinski definition) is 3. The Morgan fingerprint density at radius 2 is 2.04 bits per heavy atom. The number of amides is 2. The number of nitrogens with zero attached hydrogens (tertiary/aromatic N) is 1. The van der Waals surface area contributed by atoms with E-state index < -0.39 is 0 Å². The molecule has 3 rings (SSSR count). The summed E-state index contributed by atoms with van der Waals surface area (Å²) < 4.78 is 5.42. The Kier molecular flexibility index (Phi) is 5.69. The van der Waals surface area contributed by atoms with E-state index in [4.69, 9.17) is 27.9 Å². The van der Waals surface area contributed by atoms with E-state index in [0.29, 0.717) is 27.9 Å². The largest absolute Gasteiger partial charge is 0.482 e. The van der Waals surface area contributed by atoms with Gasteiger partial charge in [0.2, 0.25) is 5.91 Å². The molecule has 1 aliphatic heterocycles. The van der Waals surface area contributed by atoms with Gasteiger partial charge in [-0.05, 0) is 49.2 Å². The molecule has 0 bridgehead atoms. The molecular weight excluding hydrogens is 375 g/mol. The SMILES string of the molecule is Cc1cc(NC(=O)COc2cc(Cl)ccc2Cl)ccc1N1CCCC1=O. The number of carbonyl (C=O) groups excluding carboxylic acids is 2. The van der Waals surface area contributed by atoms with Gasteiger partial charge in [0.25, 0.3) is 5.91 Å². The van der Waals surface area contributed by atoms with E-state index in [9.17, 15) is 9.59 Å². The first-order valence-electron chi connectivity index (χ1n) is 8.23. The lowest BCUT2D eigenvalue weighted by atomic mass is 10.1. The molecule has 0 radical (unpaired) electrons. The minimum atomic E-state index is -0.314. The van der Waals surface area contributed by atoms with Crippen LogP contribution in [0.4, 0.5) is 11.4 Å². The molecule has 2 amide bonds. The quantitative estimate of drug-likeness (QED) is 0.817. The summed E-state index contributed by atoms with van der Waals surface area (Å²) in [6, 6.07) is 10.3. The topological polar surface area (TPSA) is 58.6 Å². The van der Waals surface area contributed by atoms with Gasteiger partial charge in [0.05, 0.1) is 5.02 Å². The molecule has 0 unspecified atom stereocenters. The highest BCUT2D eigenvalue weighted by Gasteiger charge is 2.23. The van der Waals surface area contributed by atoms with Gasteiger partial charge in [0, 0.05) is 35.4 Å². The predicted octanol–water partition coefficient (Wildman–Crippen LogP) is 4.45. The highest BCUT2D eigenvalue weighted by Crippen LogP contribution is 2.29. The van der Waals surface area contributed by atoms with Crippen molar-refractivity contribution in [1.29, 1.82) is 0 Å². The van der Waals surface area contributed by atoms with Crippen molar-refractivity contribution in [3.8, 4) is 5.75 Å². The third kappa shape index (κ3) is 4.29. The minimum Gasteiger partial charge on any atom is -0.482 e. The maximum atomic E-state index is 12.1. The van der Waals surface area contributed by atoms with Gasteiger partial charge in [-0.2, -0.15) is 0 Å². The molecule has 1 aliphatic rings. The number of ether oxygens (including phenoxy) is 1. The Labute approximate surface area is 161 Å². The molecule has 0 atom stereocenters. The highest BCUT2D eigenvalue weighted by atomic mass is 35.5. The first kappa shape index (κ1) is 18.5. The average Bonchev–Trinajstić information content (AvgIpc) is 3.02. The van der Waals surface area contributed by atoms with E-state index in [0.717, 1.165) is 24.2 Å². The van der Waals surface area contributed by atoms with Crippen LogP contribution in [0.5, 0.6) is 5.75 Å². The normalized spacial score (nSPS) is 13.8. The van der Waals surface area contributed by atoms with Gasteiger partial charge in [-0.1, -0.05) is 23.2 Å². The fraction of sp³-hybridized carbons (Fsp3) is 0.263. The van der Waals surface area contributed by atoms with Gasteiger partial charge in [0.1, 0.15) is 5.75 Å². The predicted molar refractivity (Wildman–Crippen MR) is 103 cm³/mol. The molecule has 136 valence electrons. The first-order chi connectivity index (χ1) is 12.4. The summed E-state index contributed by atoms with van der Waals surface area (Å²) >= 11 is 11.9. The van der Waals surface area contributed by atoms with Crippen molar-refractivity contribution < 1.29 is 14.3 Å². The third-order valence-corrected chi connectivity index (χ3v) is 4.64. The van der Waals surface area contributed by atoms with E-state index in [1.807, 2.05) is 19.1 Å². The van der Waals surface area contributed by atoms with Gasteiger partial charge in [0.15, 0.2) is 6.61 Å². The van der Waals surface area contributed by atoms with Crippen LogP contribution in [0.1, 0.15) is 18.4 Å². The molecule has 5 nitrogen and oxygen atoms in total. The molecule has 2 aromatic carbocycles. The van der Waals surface area contributed by atoms with Gasteiger partial charge < -0.3 is 15.0 Å². The van der Waals surface area contributed by atoms with E-state index in [1.165, 1.54) is 0 Å². The molecule has 0 saturated carbocycles. The van der Waals surface area contributed by atoms with Crippen LogP contribution in [0, 0.1) is 6.92 Å². The second-order valence-electron chi connectivity index (χ2n) is 6.06. The fourth-order valence-corrected chi connectivity index (χ4v) is 3.20. The van der Waals surface area contributed by atoms with Crippen LogP contribution < -0.4 is 15.0 Å². The molecule has 0 aliphatic carbocycles. The van der Waals surface area contributed by atoms with Gasteiger partial charge in [-0.25, -0.2) is 0 Å². The number of carbonyl (C=O) groups is 2. The number of benzene rings is 2. The first-order valence-corrected chi connectivity index (χ1v) is 8.98. The molecule has 1 N–H and O–H groups in total. The average molecular weight is 393 g/mol. The number of halogens is 2. The second-order valence-corrected chi connectivity index (χ2v) is 6.91. The van der Waals surface area contributed by atoms with Crippen LogP contribution in [-0.4, -0.2) is 25.0 Å². The summed E-state index contributed by atoms with van der Waals surface area (Å²) in [5.41, 5.74) is 2.45. The zero-order valence-corrected chi connectivity index (χ0v) is 15.7. The summed E-state index contributed by atoms with van der Waals surface area (Å²) in [6.45, 7) is 2.46. The third-order valence-electron chi connectivity index (χ3n) is 4.10. The lowest BCUT2D eigenvalue weighted by molar-refractivity contribution is -0.118. The van der Waals surface area contributed by atoms with E-state index in [-0.39, 0.29) is 18.4 Å². The maximum Gasteiger partial charge on any atom is 0.262 e. The lowest BCUT2D eigenvalue weighted by Crippen LogP contribution is -2.24. The standard InChI is InChI=1S/C19H18Cl2N2O3/c1-12-9-14(5-7-16(12)23-8-2-3-19(23)25)22-18(24)11-26-17-10-13(20)4-6-15(17)21/h4-7,9-10H,2-3,8,11H2,1H3,(H,22,24). The van der Waals surface area contributed by atoms with Crippen molar-refractivity contribution in [2.24, 2.45) is 0 Å². The molecule has 0 aromatic heterocycles. The summed E-state index contributed by atoms with van der Waals surface area (Å²) in [5, 5.41) is 3.64. The number of hydrogen-bond donors (Lipinski definition) is 1. The van der Waals surface area contributed by atoms with Crippen LogP contribution in [0.15, 0.2) is 36.4 Å². The van der Waals surface area contributed by atoms with Gasteiger partial charge in [-0.15, -0.1) is 0 Å². The summed E-state index contributed by atoms with van der Waals surface area (Å²) in [4.78, 5) is 25.8. The Morgan fingerprint density at radius 3 is 2.73 bits per heavy atom. The zero-order chi connectivity index (χ0) is 18.7. The highest BCUT2D eigenvalue weighted by molar-refractivity contribution is 6.34. The second kappa shape index (κ2) is 7.98. The number of aryl methyl sites for hydroxylation is 1. The van der Waals surface area contributed by atoms with E-state index in [2.05, 4.69) is 5.32 Å². The van der Waals surface area contributed by atoms with Crippen molar-refractivity contribution in [3.63, 3.8) is 0 Å². The molecule has 1 heterocycles. The molecule has 7 heteroatoms. The molecule has 2 aromatic rings. The van der Waals surface area contributed by atoms with E-state index >= 15 is 0 Å². The fourth-order valence-electron chi connectivity index (χ4n) is 2.87. The molecule has 1 saturated heterocycles. The van der Waals surface area contributed by atoms with Crippen molar-refractivity contribution in [3.05, 3.63) is 52.0 Å². The molecule has 26 heavy (non-hydrogen) atoms. The Balaban J connectivity index is 1.61. The summed E-state index contributed by atoms with van der Waals surface area (Å²) in [6.07, 6.45) is 1.46.